The molecular formula is C10H16N2O. The molecule has 0 spiro atoms. The highest BCUT2D eigenvalue weighted by Gasteiger charge is 2.32. The van der Waals surface area contributed by atoms with E-state index >= 15 is 0 Å². The largest absolute Gasteiger partial charge is 0.469 e. The van der Waals surface area contributed by atoms with E-state index in [4.69, 9.17) is 10.2 Å². The summed E-state index contributed by atoms with van der Waals surface area (Å²) in [6.07, 6.45) is 1.74. The number of hydrogen-bond acceptors (Lipinski definition) is 3. The summed E-state index contributed by atoms with van der Waals surface area (Å²) in [6.45, 7) is 2.90. The van der Waals surface area contributed by atoms with Crippen LogP contribution in [0.5, 0.6) is 0 Å². The molecule has 0 aromatic carbocycles. The van der Waals surface area contributed by atoms with Crippen molar-refractivity contribution >= 4 is 0 Å². The average Bonchev–Trinajstić information content (AvgIpc) is 2.71. The van der Waals surface area contributed by atoms with E-state index in [1.165, 1.54) is 0 Å². The summed E-state index contributed by atoms with van der Waals surface area (Å²) in [6, 6.07) is 3.99. The minimum Gasteiger partial charge on any atom is -0.469 e. The molecule has 2 heterocycles. The second-order valence-electron chi connectivity index (χ2n) is 3.84. The van der Waals surface area contributed by atoms with Gasteiger partial charge in [-0.2, -0.15) is 0 Å². The van der Waals surface area contributed by atoms with Gasteiger partial charge < -0.3 is 15.1 Å². The molecule has 72 valence electrons. The van der Waals surface area contributed by atoms with Crippen molar-refractivity contribution in [3.63, 3.8) is 0 Å². The van der Waals surface area contributed by atoms with Crippen LogP contribution in [0.4, 0.5) is 0 Å². The van der Waals surface area contributed by atoms with Gasteiger partial charge in [-0.25, -0.2) is 0 Å². The minimum atomic E-state index is 0.491. The molecule has 0 aliphatic carbocycles. The Labute approximate surface area is 78.5 Å². The van der Waals surface area contributed by atoms with Crippen molar-refractivity contribution < 1.29 is 4.42 Å². The Morgan fingerprint density at radius 1 is 1.62 bits per heavy atom. The smallest absolute Gasteiger partial charge is 0.108 e. The van der Waals surface area contributed by atoms with Gasteiger partial charge in [-0.05, 0) is 31.6 Å². The van der Waals surface area contributed by atoms with E-state index in [1.807, 2.05) is 12.1 Å². The van der Waals surface area contributed by atoms with Crippen molar-refractivity contribution in [3.05, 3.63) is 24.2 Å². The number of nitrogens with two attached hydrogens (primary N) is 1. The maximum Gasteiger partial charge on any atom is 0.108 e. The molecule has 0 saturated carbocycles. The van der Waals surface area contributed by atoms with Crippen LogP contribution in [-0.2, 0) is 0 Å². The fourth-order valence-corrected chi connectivity index (χ4v) is 2.15. The molecular weight excluding hydrogens is 164 g/mol. The third kappa shape index (κ3) is 1.62. The van der Waals surface area contributed by atoms with Crippen molar-refractivity contribution in [1.82, 2.24) is 4.90 Å². The Hall–Kier alpha value is -0.800. The molecule has 2 N–H and O–H groups in total. The van der Waals surface area contributed by atoms with E-state index in [0.717, 1.165) is 25.4 Å². The number of nitrogens with zero attached hydrogens (tertiary/aromatic N) is 1. The average molecular weight is 180 g/mol. The van der Waals surface area contributed by atoms with Crippen LogP contribution >= 0.6 is 0 Å². The number of rotatable bonds is 2. The normalized spacial score (nSPS) is 29.7. The number of furan rings is 1. The Morgan fingerprint density at radius 2 is 2.46 bits per heavy atom. The quantitative estimate of drug-likeness (QED) is 0.734. The molecule has 1 saturated heterocycles. The van der Waals surface area contributed by atoms with Gasteiger partial charge in [-0.3, -0.25) is 0 Å². The van der Waals surface area contributed by atoms with Crippen LogP contribution in [0.3, 0.4) is 0 Å². The molecule has 3 nitrogen and oxygen atoms in total. The predicted octanol–water partition coefficient (Wildman–Crippen LogP) is 0.883. The number of hydrogen-bond donors (Lipinski definition) is 1. The first kappa shape index (κ1) is 8.78. The monoisotopic (exact) mass is 180 g/mol. The van der Waals surface area contributed by atoms with Gasteiger partial charge in [0, 0.05) is 19.0 Å². The lowest BCUT2D eigenvalue weighted by atomic mass is 9.94. The molecule has 0 bridgehead atoms. The third-order valence-corrected chi connectivity index (χ3v) is 2.83. The third-order valence-electron chi connectivity index (χ3n) is 2.83. The second kappa shape index (κ2) is 3.52. The lowest BCUT2D eigenvalue weighted by Crippen LogP contribution is -2.21. The van der Waals surface area contributed by atoms with Gasteiger partial charge in [0.1, 0.15) is 5.76 Å². The molecule has 0 radical (unpaired) electrons. The SMILES string of the molecule is CN1C[C@@H](CN)[C@@H](c2ccco2)C1. The molecule has 0 unspecified atom stereocenters. The molecule has 1 aromatic rings. The molecule has 3 heteroatoms. The van der Waals surface area contributed by atoms with E-state index in [0.29, 0.717) is 11.8 Å². The summed E-state index contributed by atoms with van der Waals surface area (Å²) in [4.78, 5) is 2.31. The summed E-state index contributed by atoms with van der Waals surface area (Å²) in [5, 5.41) is 0. The highest BCUT2D eigenvalue weighted by molar-refractivity contribution is 5.10. The molecule has 1 fully saturated rings. The number of likely N-dealkylation sites (tertiary alicyclic amines) is 1. The van der Waals surface area contributed by atoms with Crippen LogP contribution in [0, 0.1) is 5.92 Å². The molecule has 1 aliphatic heterocycles. The summed E-state index contributed by atoms with van der Waals surface area (Å²) in [7, 11) is 2.13. The van der Waals surface area contributed by atoms with Gasteiger partial charge in [-0.1, -0.05) is 0 Å². The summed E-state index contributed by atoms with van der Waals surface area (Å²) >= 11 is 0. The highest BCUT2D eigenvalue weighted by Crippen LogP contribution is 2.31. The van der Waals surface area contributed by atoms with Crippen LogP contribution < -0.4 is 5.73 Å². The van der Waals surface area contributed by atoms with Gasteiger partial charge in [-0.15, -0.1) is 0 Å². The fourth-order valence-electron chi connectivity index (χ4n) is 2.15. The first-order chi connectivity index (χ1) is 6.31. The molecule has 13 heavy (non-hydrogen) atoms. The second-order valence-corrected chi connectivity index (χ2v) is 3.84. The van der Waals surface area contributed by atoms with Crippen molar-refractivity contribution in [2.24, 2.45) is 11.7 Å². The van der Waals surface area contributed by atoms with Crippen molar-refractivity contribution in [1.29, 1.82) is 0 Å². The Morgan fingerprint density at radius 3 is 3.08 bits per heavy atom. The van der Waals surface area contributed by atoms with Crippen LogP contribution in [0.15, 0.2) is 22.8 Å². The Kier molecular flexibility index (Phi) is 2.38. The van der Waals surface area contributed by atoms with E-state index in [2.05, 4.69) is 11.9 Å². The van der Waals surface area contributed by atoms with Crippen LogP contribution in [-0.4, -0.2) is 31.6 Å². The zero-order valence-corrected chi connectivity index (χ0v) is 7.94. The molecule has 1 aliphatic rings. The first-order valence-electron chi connectivity index (χ1n) is 4.73. The molecule has 2 rings (SSSR count). The van der Waals surface area contributed by atoms with Crippen molar-refractivity contribution in [2.45, 2.75) is 5.92 Å². The topological polar surface area (TPSA) is 42.4 Å². The number of likely N-dealkylation sites (N-methyl/N-ethyl adjacent to an activating group) is 1. The maximum atomic E-state index is 5.72. The molecule has 1 aromatic heterocycles. The van der Waals surface area contributed by atoms with Crippen molar-refractivity contribution in [3.8, 4) is 0 Å². The van der Waals surface area contributed by atoms with Gasteiger partial charge in [0.15, 0.2) is 0 Å². The van der Waals surface area contributed by atoms with Crippen LogP contribution in [0.2, 0.25) is 0 Å². The van der Waals surface area contributed by atoms with Crippen molar-refractivity contribution in [2.75, 3.05) is 26.7 Å². The van der Waals surface area contributed by atoms with Gasteiger partial charge in [0.2, 0.25) is 0 Å². The highest BCUT2D eigenvalue weighted by atomic mass is 16.3. The molecule has 2 atom stereocenters. The summed E-state index contributed by atoms with van der Waals surface area (Å²) < 4.78 is 5.42. The van der Waals surface area contributed by atoms with Gasteiger partial charge in [0.05, 0.1) is 6.26 Å². The predicted molar refractivity (Wildman–Crippen MR) is 51.5 cm³/mol. The summed E-state index contributed by atoms with van der Waals surface area (Å²) in [5.41, 5.74) is 5.72. The first-order valence-corrected chi connectivity index (χ1v) is 4.73. The maximum absolute atomic E-state index is 5.72. The van der Waals surface area contributed by atoms with Gasteiger partial charge in [0.25, 0.3) is 0 Å². The van der Waals surface area contributed by atoms with E-state index < -0.39 is 0 Å². The standard InChI is InChI=1S/C10H16N2O/c1-12-6-8(5-11)9(7-12)10-3-2-4-13-10/h2-4,8-9H,5-7,11H2,1H3/t8-,9+/m1/s1. The zero-order chi connectivity index (χ0) is 9.26. The Balaban J connectivity index is 2.14. The van der Waals surface area contributed by atoms with Gasteiger partial charge >= 0.3 is 0 Å². The fraction of sp³-hybridized carbons (Fsp3) is 0.600. The van der Waals surface area contributed by atoms with E-state index in [1.54, 1.807) is 6.26 Å². The van der Waals surface area contributed by atoms with Crippen LogP contribution in [0.1, 0.15) is 11.7 Å². The lowest BCUT2D eigenvalue weighted by Gasteiger charge is -2.13. The molecule has 0 amide bonds. The van der Waals surface area contributed by atoms with E-state index in [9.17, 15) is 0 Å². The summed E-state index contributed by atoms with van der Waals surface area (Å²) in [5.74, 6) is 2.13. The van der Waals surface area contributed by atoms with Crippen LogP contribution in [0.25, 0.3) is 0 Å². The lowest BCUT2D eigenvalue weighted by molar-refractivity contribution is 0.394. The van der Waals surface area contributed by atoms with E-state index in [-0.39, 0.29) is 0 Å². The Bertz CT molecular complexity index is 258. The zero-order valence-electron chi connectivity index (χ0n) is 7.94. The minimum absolute atomic E-state index is 0.491.